The average Bonchev–Trinajstić information content (AvgIpc) is 2.75. The molecule has 0 aliphatic carbocycles. The summed E-state index contributed by atoms with van der Waals surface area (Å²) in [6, 6.07) is 5.84. The molecule has 0 bridgehead atoms. The van der Waals surface area contributed by atoms with Crippen molar-refractivity contribution in [2.75, 3.05) is 12.4 Å². The highest BCUT2D eigenvalue weighted by molar-refractivity contribution is 8.15. The first-order chi connectivity index (χ1) is 9.51. The van der Waals surface area contributed by atoms with Crippen molar-refractivity contribution in [2.45, 2.75) is 25.5 Å². The number of aliphatic imine (C=N–C) groups is 1. The summed E-state index contributed by atoms with van der Waals surface area (Å²) in [5, 5.41) is 5.69. The van der Waals surface area contributed by atoms with Crippen LogP contribution in [0.2, 0.25) is 0 Å². The smallest absolute Gasteiger partial charge is 0.240 e. The Morgan fingerprint density at radius 1 is 1.40 bits per heavy atom. The van der Waals surface area contributed by atoms with E-state index in [4.69, 9.17) is 0 Å². The van der Waals surface area contributed by atoms with Crippen LogP contribution in [-0.2, 0) is 9.59 Å². The van der Waals surface area contributed by atoms with Gasteiger partial charge in [-0.05, 0) is 25.0 Å². The van der Waals surface area contributed by atoms with Crippen LogP contribution in [-0.4, -0.2) is 29.3 Å². The number of nitrogens with zero attached hydrogens (tertiary/aromatic N) is 1. The molecule has 106 valence electrons. The Morgan fingerprint density at radius 2 is 2.05 bits per heavy atom. The Kier molecular flexibility index (Phi) is 4.44. The van der Waals surface area contributed by atoms with E-state index in [0.717, 1.165) is 16.8 Å². The molecule has 1 aromatic carbocycles. The Balaban J connectivity index is 2.02. The lowest BCUT2D eigenvalue weighted by atomic mass is 10.1. The van der Waals surface area contributed by atoms with Crippen molar-refractivity contribution < 1.29 is 9.59 Å². The van der Waals surface area contributed by atoms with E-state index in [-0.39, 0.29) is 18.2 Å². The fourth-order valence-corrected chi connectivity index (χ4v) is 2.95. The summed E-state index contributed by atoms with van der Waals surface area (Å²) in [7, 11) is 1.61. The number of amides is 2. The zero-order chi connectivity index (χ0) is 14.7. The minimum Gasteiger partial charge on any atom is -0.326 e. The minimum atomic E-state index is -0.405. The van der Waals surface area contributed by atoms with Crippen molar-refractivity contribution in [1.29, 1.82) is 0 Å². The third-order valence-corrected chi connectivity index (χ3v) is 4.27. The fraction of sp³-hybridized carbons (Fsp3) is 0.357. The summed E-state index contributed by atoms with van der Waals surface area (Å²) in [4.78, 5) is 27.7. The Bertz CT molecular complexity index is 564. The number of aryl methyl sites for hydroxylation is 2. The molecule has 1 saturated heterocycles. The molecule has 0 aromatic heterocycles. The first-order valence-corrected chi connectivity index (χ1v) is 7.19. The summed E-state index contributed by atoms with van der Waals surface area (Å²) in [6.07, 6.45) is 0.142. The number of carbonyl (C=O) groups is 2. The van der Waals surface area contributed by atoms with E-state index in [1.54, 1.807) is 7.05 Å². The lowest BCUT2D eigenvalue weighted by Gasteiger charge is -2.12. The number of hydrogen-bond donors (Lipinski definition) is 2. The van der Waals surface area contributed by atoms with E-state index in [9.17, 15) is 9.59 Å². The van der Waals surface area contributed by atoms with Gasteiger partial charge in [0, 0.05) is 19.2 Å². The first-order valence-electron chi connectivity index (χ1n) is 6.31. The molecule has 1 atom stereocenters. The molecule has 20 heavy (non-hydrogen) atoms. The van der Waals surface area contributed by atoms with Crippen molar-refractivity contribution in [3.63, 3.8) is 0 Å². The van der Waals surface area contributed by atoms with Gasteiger partial charge < -0.3 is 10.6 Å². The highest BCUT2D eigenvalue weighted by Gasteiger charge is 2.31. The highest BCUT2D eigenvalue weighted by atomic mass is 32.2. The van der Waals surface area contributed by atoms with Gasteiger partial charge in [-0.2, -0.15) is 0 Å². The summed E-state index contributed by atoms with van der Waals surface area (Å²) in [6.45, 7) is 3.89. The van der Waals surface area contributed by atoms with Crippen LogP contribution in [0.4, 0.5) is 5.69 Å². The largest absolute Gasteiger partial charge is 0.326 e. The van der Waals surface area contributed by atoms with Crippen LogP contribution in [0, 0.1) is 13.8 Å². The van der Waals surface area contributed by atoms with E-state index in [0.29, 0.717) is 5.17 Å². The number of para-hydroxylation sites is 1. The van der Waals surface area contributed by atoms with Crippen molar-refractivity contribution in [2.24, 2.45) is 4.99 Å². The number of rotatable bonds is 3. The summed E-state index contributed by atoms with van der Waals surface area (Å²) < 4.78 is 0. The minimum absolute atomic E-state index is 0.142. The SMILES string of the molecule is CN=C1NC(=O)[C@H](CC(=O)Nc2c(C)cccc2C)S1. The van der Waals surface area contributed by atoms with Crippen molar-refractivity contribution in [3.05, 3.63) is 29.3 Å². The van der Waals surface area contributed by atoms with Gasteiger partial charge in [-0.15, -0.1) is 0 Å². The Labute approximate surface area is 122 Å². The molecule has 1 aliphatic heterocycles. The molecule has 6 heteroatoms. The van der Waals surface area contributed by atoms with Crippen LogP contribution in [0.5, 0.6) is 0 Å². The monoisotopic (exact) mass is 291 g/mol. The predicted molar refractivity (Wildman–Crippen MR) is 82.0 cm³/mol. The predicted octanol–water partition coefficient (Wildman–Crippen LogP) is 1.85. The average molecular weight is 291 g/mol. The molecule has 0 spiro atoms. The maximum atomic E-state index is 12.1. The topological polar surface area (TPSA) is 70.6 Å². The zero-order valence-corrected chi connectivity index (χ0v) is 12.5. The molecule has 1 heterocycles. The number of thioether (sulfide) groups is 1. The number of carbonyl (C=O) groups excluding carboxylic acids is 2. The fourth-order valence-electron chi connectivity index (χ4n) is 2.02. The molecule has 1 aliphatic rings. The van der Waals surface area contributed by atoms with Crippen molar-refractivity contribution >= 4 is 34.4 Å². The Morgan fingerprint density at radius 3 is 2.60 bits per heavy atom. The molecule has 0 unspecified atom stereocenters. The molecule has 1 fully saturated rings. The van der Waals surface area contributed by atoms with Crippen LogP contribution in [0.1, 0.15) is 17.5 Å². The van der Waals surface area contributed by atoms with Crippen LogP contribution in [0.3, 0.4) is 0 Å². The van der Waals surface area contributed by atoms with E-state index < -0.39 is 5.25 Å². The van der Waals surface area contributed by atoms with Gasteiger partial charge in [0.2, 0.25) is 11.8 Å². The lowest BCUT2D eigenvalue weighted by molar-refractivity contribution is -0.122. The van der Waals surface area contributed by atoms with Gasteiger partial charge in [-0.1, -0.05) is 30.0 Å². The standard InChI is InChI=1S/C14H17N3O2S/c1-8-5-4-6-9(2)12(8)16-11(18)7-10-13(19)17-14(15-3)20-10/h4-6,10H,7H2,1-3H3,(H,16,18)(H,15,17,19)/t10-/m0/s1. The number of anilines is 1. The third-order valence-electron chi connectivity index (χ3n) is 3.10. The van der Waals surface area contributed by atoms with Gasteiger partial charge in [0.15, 0.2) is 5.17 Å². The van der Waals surface area contributed by atoms with Crippen molar-refractivity contribution in [3.8, 4) is 0 Å². The van der Waals surface area contributed by atoms with Crippen LogP contribution in [0.25, 0.3) is 0 Å². The molecule has 2 amide bonds. The normalized spacial score (nSPS) is 20.1. The summed E-state index contributed by atoms with van der Waals surface area (Å²) in [5.41, 5.74) is 2.85. The van der Waals surface area contributed by atoms with Crippen LogP contribution in [0.15, 0.2) is 23.2 Å². The van der Waals surface area contributed by atoms with Gasteiger partial charge >= 0.3 is 0 Å². The second kappa shape index (κ2) is 6.09. The zero-order valence-electron chi connectivity index (χ0n) is 11.7. The molecular formula is C14H17N3O2S. The van der Waals surface area contributed by atoms with Gasteiger partial charge in [0.05, 0.1) is 0 Å². The van der Waals surface area contributed by atoms with Crippen LogP contribution >= 0.6 is 11.8 Å². The number of benzene rings is 1. The molecule has 2 N–H and O–H groups in total. The molecular weight excluding hydrogens is 274 g/mol. The third kappa shape index (κ3) is 3.19. The lowest BCUT2D eigenvalue weighted by Crippen LogP contribution is -2.28. The Hall–Kier alpha value is -1.82. The highest BCUT2D eigenvalue weighted by Crippen LogP contribution is 2.24. The van der Waals surface area contributed by atoms with Gasteiger partial charge in [0.25, 0.3) is 0 Å². The first kappa shape index (κ1) is 14.6. The molecule has 1 aromatic rings. The maximum Gasteiger partial charge on any atom is 0.240 e. The van der Waals surface area contributed by atoms with Gasteiger partial charge in [-0.3, -0.25) is 14.6 Å². The molecule has 0 saturated carbocycles. The molecule has 0 radical (unpaired) electrons. The van der Waals surface area contributed by atoms with E-state index in [2.05, 4.69) is 15.6 Å². The second-order valence-electron chi connectivity index (χ2n) is 4.64. The van der Waals surface area contributed by atoms with Gasteiger partial charge in [0.1, 0.15) is 5.25 Å². The number of hydrogen-bond acceptors (Lipinski definition) is 4. The second-order valence-corrected chi connectivity index (χ2v) is 5.84. The van der Waals surface area contributed by atoms with E-state index in [1.165, 1.54) is 11.8 Å². The maximum absolute atomic E-state index is 12.1. The quantitative estimate of drug-likeness (QED) is 0.893. The van der Waals surface area contributed by atoms with E-state index >= 15 is 0 Å². The number of nitrogens with one attached hydrogen (secondary N) is 2. The molecule has 5 nitrogen and oxygen atoms in total. The summed E-state index contributed by atoms with van der Waals surface area (Å²) >= 11 is 1.29. The number of amidine groups is 1. The van der Waals surface area contributed by atoms with Crippen LogP contribution < -0.4 is 10.6 Å². The van der Waals surface area contributed by atoms with Crippen molar-refractivity contribution in [1.82, 2.24) is 5.32 Å². The van der Waals surface area contributed by atoms with E-state index in [1.807, 2.05) is 32.0 Å². The van der Waals surface area contributed by atoms with Gasteiger partial charge in [-0.25, -0.2) is 0 Å². The summed E-state index contributed by atoms with van der Waals surface area (Å²) in [5.74, 6) is -0.320. The molecule has 2 rings (SSSR count).